The molecule has 6 nitrogen and oxygen atoms in total. The zero-order valence-electron chi connectivity index (χ0n) is 13.1. The van der Waals surface area contributed by atoms with Gasteiger partial charge in [-0.1, -0.05) is 0 Å². The number of piperidine rings is 3. The van der Waals surface area contributed by atoms with Crippen LogP contribution < -0.4 is 11.1 Å². The van der Waals surface area contributed by atoms with Crippen LogP contribution in [0.1, 0.15) is 24.1 Å². The number of nitrogens with zero attached hydrogens (tertiary/aromatic N) is 4. The van der Waals surface area contributed by atoms with Crippen molar-refractivity contribution in [3.8, 4) is 0 Å². The predicted molar refractivity (Wildman–Crippen MR) is 87.8 cm³/mol. The lowest BCUT2D eigenvalue weighted by atomic mass is 9.84. The van der Waals surface area contributed by atoms with Crippen molar-refractivity contribution in [1.29, 1.82) is 0 Å². The highest BCUT2D eigenvalue weighted by molar-refractivity contribution is 5.89. The number of aromatic nitrogens is 3. The van der Waals surface area contributed by atoms with Crippen LogP contribution in [-0.4, -0.2) is 45.5 Å². The lowest BCUT2D eigenvalue weighted by molar-refractivity contribution is 0.0972. The third-order valence-electron chi connectivity index (χ3n) is 4.99. The van der Waals surface area contributed by atoms with Crippen LogP contribution in [0.5, 0.6) is 0 Å². The van der Waals surface area contributed by atoms with Gasteiger partial charge >= 0.3 is 0 Å². The summed E-state index contributed by atoms with van der Waals surface area (Å²) in [6.07, 6.45) is 2.52. The van der Waals surface area contributed by atoms with Gasteiger partial charge in [-0.25, -0.2) is 4.98 Å². The summed E-state index contributed by atoms with van der Waals surface area (Å²) < 4.78 is 0. The Labute approximate surface area is 130 Å². The maximum absolute atomic E-state index is 6.15. The van der Waals surface area contributed by atoms with Crippen LogP contribution in [-0.2, 0) is 0 Å². The first kappa shape index (κ1) is 13.7. The zero-order valence-corrected chi connectivity index (χ0v) is 13.1. The van der Waals surface area contributed by atoms with E-state index in [0.717, 1.165) is 29.1 Å². The standard InChI is InChI=1S/C16H22N6/c1-9-7-10(2)18-15-13(9)14(17)20-16(21-15)19-12-8-22-5-3-11(12)4-6-22/h7,11-12H,3-6,8H2,1-2H3,(H3,17,18,19,20,21)/t12-/m0/s1. The highest BCUT2D eigenvalue weighted by Gasteiger charge is 2.34. The van der Waals surface area contributed by atoms with E-state index in [-0.39, 0.29) is 0 Å². The molecule has 0 aliphatic carbocycles. The molecule has 6 heteroatoms. The largest absolute Gasteiger partial charge is 0.383 e. The maximum Gasteiger partial charge on any atom is 0.226 e. The van der Waals surface area contributed by atoms with Crippen LogP contribution in [0.25, 0.3) is 11.0 Å². The van der Waals surface area contributed by atoms with E-state index >= 15 is 0 Å². The van der Waals surface area contributed by atoms with Gasteiger partial charge < -0.3 is 16.0 Å². The topological polar surface area (TPSA) is 80.0 Å². The molecule has 2 aromatic rings. The van der Waals surface area contributed by atoms with Gasteiger partial charge in [0.15, 0.2) is 5.65 Å². The number of nitrogen functional groups attached to an aromatic ring is 1. The Morgan fingerprint density at radius 2 is 1.95 bits per heavy atom. The number of rotatable bonds is 2. The molecule has 5 rings (SSSR count). The average Bonchev–Trinajstić information content (AvgIpc) is 2.47. The molecule has 0 unspecified atom stereocenters. The lowest BCUT2D eigenvalue weighted by Gasteiger charge is -2.44. The summed E-state index contributed by atoms with van der Waals surface area (Å²) in [7, 11) is 0. The summed E-state index contributed by atoms with van der Waals surface area (Å²) in [6.45, 7) is 7.53. The van der Waals surface area contributed by atoms with Gasteiger partial charge in [0.1, 0.15) is 5.82 Å². The Bertz CT molecular complexity index is 720. The molecular weight excluding hydrogens is 276 g/mol. The first-order valence-corrected chi connectivity index (χ1v) is 8.00. The zero-order chi connectivity index (χ0) is 15.3. The molecule has 5 heterocycles. The fourth-order valence-electron chi connectivity index (χ4n) is 3.87. The fourth-order valence-corrected chi connectivity index (χ4v) is 3.87. The van der Waals surface area contributed by atoms with Gasteiger partial charge in [-0.05, 0) is 57.3 Å². The molecule has 3 saturated heterocycles. The molecule has 22 heavy (non-hydrogen) atoms. The number of nitrogens with two attached hydrogens (primary N) is 1. The van der Waals surface area contributed by atoms with Crippen molar-refractivity contribution in [3.63, 3.8) is 0 Å². The van der Waals surface area contributed by atoms with Crippen LogP contribution >= 0.6 is 0 Å². The van der Waals surface area contributed by atoms with Crippen molar-refractivity contribution in [3.05, 3.63) is 17.3 Å². The second-order valence-electron chi connectivity index (χ2n) is 6.60. The van der Waals surface area contributed by atoms with E-state index in [1.807, 2.05) is 19.9 Å². The Balaban J connectivity index is 1.68. The van der Waals surface area contributed by atoms with Crippen molar-refractivity contribution in [1.82, 2.24) is 19.9 Å². The maximum atomic E-state index is 6.15. The number of hydrogen-bond donors (Lipinski definition) is 2. The summed E-state index contributed by atoms with van der Waals surface area (Å²) in [5.74, 6) is 1.85. The van der Waals surface area contributed by atoms with Crippen LogP contribution in [0.15, 0.2) is 6.07 Å². The second-order valence-corrected chi connectivity index (χ2v) is 6.60. The minimum atomic E-state index is 0.422. The molecule has 3 aliphatic rings. The molecule has 3 fully saturated rings. The third-order valence-corrected chi connectivity index (χ3v) is 4.99. The van der Waals surface area contributed by atoms with E-state index in [0.29, 0.717) is 23.5 Å². The monoisotopic (exact) mass is 298 g/mol. The molecule has 0 amide bonds. The number of nitrogens with one attached hydrogen (secondary N) is 1. The number of fused-ring (bicyclic) bond motifs is 4. The van der Waals surface area contributed by atoms with Crippen molar-refractivity contribution < 1.29 is 0 Å². The Morgan fingerprint density at radius 1 is 1.18 bits per heavy atom. The first-order valence-electron chi connectivity index (χ1n) is 8.00. The number of anilines is 2. The Kier molecular flexibility index (Phi) is 3.14. The number of pyridine rings is 1. The SMILES string of the molecule is Cc1cc(C)c2c(N)nc(N[C@H]3CN4CCC3CC4)nc2n1. The van der Waals surface area contributed by atoms with E-state index in [1.165, 1.54) is 25.9 Å². The molecule has 0 radical (unpaired) electrons. The van der Waals surface area contributed by atoms with E-state index in [4.69, 9.17) is 5.73 Å². The molecule has 2 aromatic heterocycles. The molecule has 0 saturated carbocycles. The quantitative estimate of drug-likeness (QED) is 0.879. The lowest BCUT2D eigenvalue weighted by Crippen LogP contribution is -2.53. The van der Waals surface area contributed by atoms with E-state index < -0.39 is 0 Å². The van der Waals surface area contributed by atoms with Gasteiger partial charge in [-0.2, -0.15) is 9.97 Å². The predicted octanol–water partition coefficient (Wildman–Crippen LogP) is 1.73. The molecule has 2 bridgehead atoms. The van der Waals surface area contributed by atoms with Gasteiger partial charge in [-0.3, -0.25) is 0 Å². The van der Waals surface area contributed by atoms with E-state index in [2.05, 4.69) is 25.2 Å². The third kappa shape index (κ3) is 2.27. The van der Waals surface area contributed by atoms with E-state index in [1.54, 1.807) is 0 Å². The molecule has 0 spiro atoms. The highest BCUT2D eigenvalue weighted by Crippen LogP contribution is 2.30. The van der Waals surface area contributed by atoms with Gasteiger partial charge in [-0.15, -0.1) is 0 Å². The summed E-state index contributed by atoms with van der Waals surface area (Å²) in [6, 6.07) is 2.44. The smallest absolute Gasteiger partial charge is 0.226 e. The molecule has 116 valence electrons. The summed E-state index contributed by atoms with van der Waals surface area (Å²) >= 11 is 0. The summed E-state index contributed by atoms with van der Waals surface area (Å²) in [4.78, 5) is 16.1. The number of aryl methyl sites for hydroxylation is 2. The minimum Gasteiger partial charge on any atom is -0.383 e. The van der Waals surface area contributed by atoms with Crippen molar-refractivity contribution in [2.75, 3.05) is 30.7 Å². The normalized spacial score (nSPS) is 27.3. The molecule has 1 atom stereocenters. The van der Waals surface area contributed by atoms with Crippen LogP contribution in [0.2, 0.25) is 0 Å². The Hall–Kier alpha value is -1.95. The second kappa shape index (κ2) is 5.05. The molecule has 3 N–H and O–H groups in total. The van der Waals surface area contributed by atoms with Crippen LogP contribution in [0.3, 0.4) is 0 Å². The fraction of sp³-hybridized carbons (Fsp3) is 0.562. The van der Waals surface area contributed by atoms with Crippen molar-refractivity contribution in [2.24, 2.45) is 5.92 Å². The van der Waals surface area contributed by atoms with Gasteiger partial charge in [0.05, 0.1) is 5.39 Å². The average molecular weight is 298 g/mol. The van der Waals surface area contributed by atoms with Gasteiger partial charge in [0, 0.05) is 18.3 Å². The Morgan fingerprint density at radius 3 is 2.64 bits per heavy atom. The van der Waals surface area contributed by atoms with Crippen molar-refractivity contribution >= 4 is 22.8 Å². The molecule has 3 aliphatic heterocycles. The van der Waals surface area contributed by atoms with Crippen molar-refractivity contribution in [2.45, 2.75) is 32.7 Å². The van der Waals surface area contributed by atoms with Gasteiger partial charge in [0.25, 0.3) is 0 Å². The van der Waals surface area contributed by atoms with Gasteiger partial charge in [0.2, 0.25) is 5.95 Å². The number of hydrogen-bond acceptors (Lipinski definition) is 6. The van der Waals surface area contributed by atoms with E-state index in [9.17, 15) is 0 Å². The highest BCUT2D eigenvalue weighted by atomic mass is 15.2. The summed E-state index contributed by atoms with van der Waals surface area (Å²) in [5, 5.41) is 4.37. The van der Waals surface area contributed by atoms with Crippen LogP contribution in [0.4, 0.5) is 11.8 Å². The van der Waals surface area contributed by atoms with Crippen LogP contribution in [0, 0.1) is 19.8 Å². The molecular formula is C16H22N6. The minimum absolute atomic E-state index is 0.422. The molecule has 0 aromatic carbocycles. The first-order chi connectivity index (χ1) is 10.6. The summed E-state index contributed by atoms with van der Waals surface area (Å²) in [5.41, 5.74) is 8.87.